The van der Waals surface area contributed by atoms with Crippen LogP contribution in [0.2, 0.25) is 0 Å². The summed E-state index contributed by atoms with van der Waals surface area (Å²) in [5.41, 5.74) is 0.808. The summed E-state index contributed by atoms with van der Waals surface area (Å²) in [6.45, 7) is 2.85. The molecule has 0 bridgehead atoms. The molecule has 0 spiro atoms. The molecule has 3 aromatic heterocycles. The Kier molecular flexibility index (Phi) is 2.29. The average molecular weight is 228 g/mol. The van der Waals surface area contributed by atoms with Crippen molar-refractivity contribution in [2.24, 2.45) is 0 Å². The van der Waals surface area contributed by atoms with Crippen LogP contribution in [0.5, 0.6) is 0 Å². The van der Waals surface area contributed by atoms with E-state index in [2.05, 4.69) is 20.3 Å². The van der Waals surface area contributed by atoms with E-state index in [1.807, 2.05) is 31.3 Å². The highest BCUT2D eigenvalue weighted by molar-refractivity contribution is 5.88. The molecule has 0 amide bonds. The minimum atomic E-state index is 0.584. The maximum atomic E-state index is 5.31. The lowest BCUT2D eigenvalue weighted by Crippen LogP contribution is -2.02. The molecule has 5 nitrogen and oxygen atoms in total. The summed E-state index contributed by atoms with van der Waals surface area (Å²) in [6.07, 6.45) is 3.47. The first-order chi connectivity index (χ1) is 8.38. The first kappa shape index (κ1) is 9.89. The molecular formula is C12H12N4O. The number of anilines is 1. The number of nitrogens with zero attached hydrogens (tertiary/aromatic N) is 2. The number of fused-ring (bicyclic) bond motifs is 1. The Bertz CT molecular complexity index is 627. The van der Waals surface area contributed by atoms with Crippen LogP contribution < -0.4 is 5.32 Å². The molecule has 0 radical (unpaired) electrons. The van der Waals surface area contributed by atoms with E-state index in [0.29, 0.717) is 11.6 Å². The third-order valence-corrected chi connectivity index (χ3v) is 2.50. The van der Waals surface area contributed by atoms with Gasteiger partial charge >= 0.3 is 0 Å². The SMILES string of the molecule is CCNc1nc(-c2ccco2)nc2[nH]ccc12. The Morgan fingerprint density at radius 2 is 2.29 bits per heavy atom. The number of hydrogen-bond acceptors (Lipinski definition) is 4. The molecule has 0 aliphatic carbocycles. The van der Waals surface area contributed by atoms with Gasteiger partial charge in [-0.15, -0.1) is 0 Å². The van der Waals surface area contributed by atoms with E-state index in [4.69, 9.17) is 4.42 Å². The van der Waals surface area contributed by atoms with Gasteiger partial charge in [0.15, 0.2) is 11.6 Å². The molecule has 3 aromatic rings. The van der Waals surface area contributed by atoms with Crippen molar-refractivity contribution in [2.45, 2.75) is 6.92 Å². The number of hydrogen-bond donors (Lipinski definition) is 2. The van der Waals surface area contributed by atoms with E-state index < -0.39 is 0 Å². The van der Waals surface area contributed by atoms with E-state index in [0.717, 1.165) is 23.4 Å². The molecule has 3 heterocycles. The fourth-order valence-corrected chi connectivity index (χ4v) is 1.76. The van der Waals surface area contributed by atoms with Gasteiger partial charge in [-0.1, -0.05) is 0 Å². The fraction of sp³-hybridized carbons (Fsp3) is 0.167. The minimum Gasteiger partial charge on any atom is -0.461 e. The molecule has 0 aliphatic rings. The molecule has 2 N–H and O–H groups in total. The van der Waals surface area contributed by atoms with Crippen molar-refractivity contribution >= 4 is 16.9 Å². The zero-order valence-electron chi connectivity index (χ0n) is 9.40. The molecule has 86 valence electrons. The van der Waals surface area contributed by atoms with Gasteiger partial charge in [-0.05, 0) is 25.1 Å². The van der Waals surface area contributed by atoms with Crippen molar-refractivity contribution in [2.75, 3.05) is 11.9 Å². The first-order valence-electron chi connectivity index (χ1n) is 5.51. The van der Waals surface area contributed by atoms with Gasteiger partial charge in [-0.2, -0.15) is 0 Å². The van der Waals surface area contributed by atoms with Crippen molar-refractivity contribution in [1.29, 1.82) is 0 Å². The van der Waals surface area contributed by atoms with Gasteiger partial charge in [-0.25, -0.2) is 9.97 Å². The zero-order chi connectivity index (χ0) is 11.7. The second kappa shape index (κ2) is 3.93. The number of H-pyrrole nitrogens is 1. The molecule has 3 rings (SSSR count). The topological polar surface area (TPSA) is 66.7 Å². The third-order valence-electron chi connectivity index (χ3n) is 2.50. The number of aromatic nitrogens is 3. The highest BCUT2D eigenvalue weighted by Crippen LogP contribution is 2.24. The summed E-state index contributed by atoms with van der Waals surface area (Å²) in [5, 5.41) is 4.21. The van der Waals surface area contributed by atoms with Gasteiger partial charge in [0.25, 0.3) is 0 Å². The van der Waals surface area contributed by atoms with Crippen LogP contribution in [0.1, 0.15) is 6.92 Å². The fourth-order valence-electron chi connectivity index (χ4n) is 1.76. The lowest BCUT2D eigenvalue weighted by atomic mass is 10.3. The Hall–Kier alpha value is -2.30. The number of aromatic amines is 1. The van der Waals surface area contributed by atoms with E-state index in [-0.39, 0.29) is 0 Å². The largest absolute Gasteiger partial charge is 0.461 e. The lowest BCUT2D eigenvalue weighted by Gasteiger charge is -2.05. The van der Waals surface area contributed by atoms with Crippen LogP contribution in [-0.2, 0) is 0 Å². The van der Waals surface area contributed by atoms with Gasteiger partial charge in [0.1, 0.15) is 11.5 Å². The highest BCUT2D eigenvalue weighted by atomic mass is 16.3. The van der Waals surface area contributed by atoms with Gasteiger partial charge in [0, 0.05) is 12.7 Å². The maximum absolute atomic E-state index is 5.31. The highest BCUT2D eigenvalue weighted by Gasteiger charge is 2.10. The summed E-state index contributed by atoms with van der Waals surface area (Å²) in [6, 6.07) is 5.63. The molecule has 0 aromatic carbocycles. The molecule has 5 heteroatoms. The van der Waals surface area contributed by atoms with Crippen LogP contribution >= 0.6 is 0 Å². The van der Waals surface area contributed by atoms with Crippen LogP contribution in [0.25, 0.3) is 22.6 Å². The normalized spacial score (nSPS) is 10.9. The quantitative estimate of drug-likeness (QED) is 0.723. The number of rotatable bonds is 3. The minimum absolute atomic E-state index is 0.584. The van der Waals surface area contributed by atoms with Gasteiger partial charge < -0.3 is 14.7 Å². The van der Waals surface area contributed by atoms with Crippen molar-refractivity contribution in [3.05, 3.63) is 30.7 Å². The average Bonchev–Trinajstić information content (AvgIpc) is 3.00. The van der Waals surface area contributed by atoms with E-state index in [1.165, 1.54) is 0 Å². The molecular weight excluding hydrogens is 216 g/mol. The third kappa shape index (κ3) is 1.65. The van der Waals surface area contributed by atoms with Crippen molar-refractivity contribution in [1.82, 2.24) is 15.0 Å². The van der Waals surface area contributed by atoms with E-state index >= 15 is 0 Å². The Labute approximate surface area is 97.9 Å². The van der Waals surface area contributed by atoms with Crippen LogP contribution in [0.3, 0.4) is 0 Å². The van der Waals surface area contributed by atoms with Crippen LogP contribution in [0, 0.1) is 0 Å². The summed E-state index contributed by atoms with van der Waals surface area (Å²) >= 11 is 0. The summed E-state index contributed by atoms with van der Waals surface area (Å²) in [7, 11) is 0. The Morgan fingerprint density at radius 3 is 3.06 bits per heavy atom. The number of nitrogens with one attached hydrogen (secondary N) is 2. The Balaban J connectivity index is 2.20. The molecule has 0 unspecified atom stereocenters. The van der Waals surface area contributed by atoms with Crippen LogP contribution in [0.15, 0.2) is 35.1 Å². The zero-order valence-corrected chi connectivity index (χ0v) is 9.40. The number of furan rings is 1. The second-order valence-electron chi connectivity index (χ2n) is 3.64. The molecule has 17 heavy (non-hydrogen) atoms. The second-order valence-corrected chi connectivity index (χ2v) is 3.64. The van der Waals surface area contributed by atoms with Crippen LogP contribution in [0.4, 0.5) is 5.82 Å². The first-order valence-corrected chi connectivity index (χ1v) is 5.51. The molecule has 0 atom stereocenters. The molecule has 0 saturated heterocycles. The van der Waals surface area contributed by atoms with Gasteiger partial charge in [0.05, 0.1) is 11.6 Å². The van der Waals surface area contributed by atoms with Crippen LogP contribution in [-0.4, -0.2) is 21.5 Å². The summed E-state index contributed by atoms with van der Waals surface area (Å²) in [4.78, 5) is 12.0. The predicted molar refractivity (Wildman–Crippen MR) is 65.8 cm³/mol. The van der Waals surface area contributed by atoms with Crippen molar-refractivity contribution in [3.8, 4) is 11.6 Å². The van der Waals surface area contributed by atoms with Crippen molar-refractivity contribution < 1.29 is 4.42 Å². The monoisotopic (exact) mass is 228 g/mol. The molecule has 0 fully saturated rings. The van der Waals surface area contributed by atoms with Gasteiger partial charge in [0.2, 0.25) is 0 Å². The smallest absolute Gasteiger partial charge is 0.199 e. The van der Waals surface area contributed by atoms with Crippen molar-refractivity contribution in [3.63, 3.8) is 0 Å². The maximum Gasteiger partial charge on any atom is 0.199 e. The Morgan fingerprint density at radius 1 is 1.35 bits per heavy atom. The standard InChI is InChI=1S/C12H12N4O/c1-2-13-10-8-5-6-14-11(8)16-12(15-10)9-4-3-7-17-9/h3-7H,2H2,1H3,(H2,13,14,15,16). The van der Waals surface area contributed by atoms with Gasteiger partial charge in [-0.3, -0.25) is 0 Å². The summed E-state index contributed by atoms with van der Waals surface area (Å²) in [5.74, 6) is 2.08. The summed E-state index contributed by atoms with van der Waals surface area (Å²) < 4.78 is 5.31. The molecule has 0 aliphatic heterocycles. The van der Waals surface area contributed by atoms with E-state index in [1.54, 1.807) is 6.26 Å². The predicted octanol–water partition coefficient (Wildman–Crippen LogP) is 2.65. The van der Waals surface area contributed by atoms with E-state index in [9.17, 15) is 0 Å². The molecule has 0 saturated carbocycles. The lowest BCUT2D eigenvalue weighted by molar-refractivity contribution is 0.577.